The van der Waals surface area contributed by atoms with Crippen molar-refractivity contribution in [2.45, 2.75) is 38.8 Å². The predicted octanol–water partition coefficient (Wildman–Crippen LogP) is 3.29. The Morgan fingerprint density at radius 1 is 1.11 bits per heavy atom. The van der Waals surface area contributed by atoms with Gasteiger partial charge >= 0.3 is 0 Å². The van der Waals surface area contributed by atoms with Gasteiger partial charge in [0.05, 0.1) is 0 Å². The molecule has 5 rings (SSSR count). The summed E-state index contributed by atoms with van der Waals surface area (Å²) in [5.41, 5.74) is 0.982. The van der Waals surface area contributed by atoms with E-state index in [2.05, 4.69) is 22.1 Å². The second-order valence-electron chi connectivity index (χ2n) is 7.67. The Morgan fingerprint density at radius 2 is 1.82 bits per heavy atom. The lowest BCUT2D eigenvalue weighted by Gasteiger charge is -2.49. The van der Waals surface area contributed by atoms with E-state index >= 15 is 0 Å². The topological polar surface area (TPSA) is 71.5 Å². The van der Waals surface area contributed by atoms with E-state index in [1.807, 2.05) is 0 Å². The molecule has 146 valence electrons. The number of fused-ring (bicyclic) bond motifs is 3. The van der Waals surface area contributed by atoms with E-state index in [0.29, 0.717) is 34.7 Å². The van der Waals surface area contributed by atoms with Gasteiger partial charge in [0.15, 0.2) is 5.78 Å². The normalized spacial score (nSPS) is 25.9. The number of Topliss-reactive ketones (excluding diaryl/α,β-unsaturated/α-hetero) is 1. The number of benzene rings is 1. The quantitative estimate of drug-likeness (QED) is 0.807. The number of nitrogens with one attached hydrogen (secondary N) is 1. The van der Waals surface area contributed by atoms with Gasteiger partial charge < -0.3 is 10.1 Å². The van der Waals surface area contributed by atoms with E-state index < -0.39 is 0 Å². The molecule has 6 heteroatoms. The highest BCUT2D eigenvalue weighted by molar-refractivity contribution is 5.94. The number of hydrogen-bond donors (Lipinski definition) is 1. The zero-order chi connectivity index (χ0) is 19.7. The van der Waals surface area contributed by atoms with Crippen LogP contribution >= 0.6 is 0 Å². The standard InChI is InChI=1S/C22H25N3O3/c1-14-21(16-8-11-25(14)12-9-16)24-22(27)17-3-5-18(6-4-17)28-19-7-10-23-20(13-19)15(2)26/h3-7,10,13-14,16,21H,8-9,11-12H2,1-2H3,(H,24,27)/t14-,21-/m0/s1. The summed E-state index contributed by atoms with van der Waals surface area (Å²) in [5, 5.41) is 3.24. The van der Waals surface area contributed by atoms with Crippen LogP contribution in [0.3, 0.4) is 0 Å². The number of carbonyl (C=O) groups is 2. The van der Waals surface area contributed by atoms with Gasteiger partial charge in [-0.25, -0.2) is 0 Å². The lowest BCUT2D eigenvalue weighted by atomic mass is 9.79. The molecule has 2 atom stereocenters. The maximum absolute atomic E-state index is 12.7. The number of aromatic nitrogens is 1. The fourth-order valence-electron chi connectivity index (χ4n) is 4.26. The van der Waals surface area contributed by atoms with Gasteiger partial charge in [-0.2, -0.15) is 0 Å². The summed E-state index contributed by atoms with van der Waals surface area (Å²) >= 11 is 0. The van der Waals surface area contributed by atoms with Crippen LogP contribution in [0.2, 0.25) is 0 Å². The minimum absolute atomic E-state index is 0.0417. The number of pyridine rings is 1. The van der Waals surface area contributed by atoms with Gasteiger partial charge in [0.25, 0.3) is 5.91 Å². The Hall–Kier alpha value is -2.73. The molecule has 2 aromatic rings. The molecule has 0 aliphatic carbocycles. The average Bonchev–Trinajstić information content (AvgIpc) is 2.71. The molecule has 28 heavy (non-hydrogen) atoms. The fraction of sp³-hybridized carbons (Fsp3) is 0.409. The Labute approximate surface area is 164 Å². The highest BCUT2D eigenvalue weighted by Gasteiger charge is 2.40. The van der Waals surface area contributed by atoms with Crippen LogP contribution in [0.5, 0.6) is 11.5 Å². The van der Waals surface area contributed by atoms with E-state index in [0.717, 1.165) is 25.9 Å². The molecule has 3 aliphatic heterocycles. The van der Waals surface area contributed by atoms with Crippen molar-refractivity contribution in [2.75, 3.05) is 13.1 Å². The molecule has 1 N–H and O–H groups in total. The Bertz CT molecular complexity index is 871. The zero-order valence-corrected chi connectivity index (χ0v) is 16.2. The molecule has 0 spiro atoms. The third kappa shape index (κ3) is 3.78. The Morgan fingerprint density at radius 3 is 2.46 bits per heavy atom. The number of hydrogen-bond acceptors (Lipinski definition) is 5. The van der Waals surface area contributed by atoms with E-state index in [-0.39, 0.29) is 17.7 Å². The van der Waals surface area contributed by atoms with Gasteiger partial charge in [0, 0.05) is 36.8 Å². The first-order chi connectivity index (χ1) is 13.5. The largest absolute Gasteiger partial charge is 0.457 e. The van der Waals surface area contributed by atoms with Crippen molar-refractivity contribution in [3.8, 4) is 11.5 Å². The number of nitrogens with zero attached hydrogens (tertiary/aromatic N) is 2. The van der Waals surface area contributed by atoms with Gasteiger partial charge in [-0.05, 0) is 69.1 Å². The zero-order valence-electron chi connectivity index (χ0n) is 16.2. The number of amides is 1. The van der Waals surface area contributed by atoms with Gasteiger partial charge in [-0.3, -0.25) is 19.5 Å². The van der Waals surface area contributed by atoms with Crippen molar-refractivity contribution in [2.24, 2.45) is 5.92 Å². The third-order valence-electron chi connectivity index (χ3n) is 5.92. The second kappa shape index (κ2) is 7.72. The molecule has 2 bridgehead atoms. The van der Waals surface area contributed by atoms with Crippen LogP contribution < -0.4 is 10.1 Å². The van der Waals surface area contributed by atoms with Crippen LogP contribution in [0.4, 0.5) is 0 Å². The maximum atomic E-state index is 12.7. The maximum Gasteiger partial charge on any atom is 0.251 e. The smallest absolute Gasteiger partial charge is 0.251 e. The molecule has 1 aromatic carbocycles. The van der Waals surface area contributed by atoms with Crippen molar-refractivity contribution in [1.29, 1.82) is 0 Å². The van der Waals surface area contributed by atoms with Crippen LogP contribution in [0, 0.1) is 5.92 Å². The van der Waals surface area contributed by atoms with Crippen LogP contribution in [0.25, 0.3) is 0 Å². The van der Waals surface area contributed by atoms with Crippen LogP contribution in [0.1, 0.15) is 47.5 Å². The summed E-state index contributed by atoms with van der Waals surface area (Å²) in [5.74, 6) is 1.57. The molecular formula is C22H25N3O3. The molecule has 0 saturated carbocycles. The van der Waals surface area contributed by atoms with Gasteiger partial charge in [-0.1, -0.05) is 0 Å². The van der Waals surface area contributed by atoms with Crippen molar-refractivity contribution in [3.05, 3.63) is 53.9 Å². The van der Waals surface area contributed by atoms with Crippen molar-refractivity contribution < 1.29 is 14.3 Å². The first-order valence-corrected chi connectivity index (χ1v) is 9.81. The number of piperidine rings is 3. The number of ketones is 1. The predicted molar refractivity (Wildman–Crippen MR) is 106 cm³/mol. The van der Waals surface area contributed by atoms with Gasteiger partial charge in [0.2, 0.25) is 0 Å². The molecule has 3 aliphatic rings. The molecule has 1 amide bonds. The lowest BCUT2D eigenvalue weighted by molar-refractivity contribution is 0.0217. The van der Waals surface area contributed by atoms with Crippen molar-refractivity contribution in [1.82, 2.24) is 15.2 Å². The SMILES string of the molecule is CC(=O)c1cc(Oc2ccc(C(=O)N[C@@H]3C4CCN(CC4)[C@H]3C)cc2)ccn1. The third-order valence-corrected chi connectivity index (χ3v) is 5.92. The summed E-state index contributed by atoms with van der Waals surface area (Å²) in [6.07, 6.45) is 3.87. The van der Waals surface area contributed by atoms with E-state index in [1.165, 1.54) is 6.92 Å². The summed E-state index contributed by atoms with van der Waals surface area (Å²) in [4.78, 5) is 30.6. The van der Waals surface area contributed by atoms with E-state index in [4.69, 9.17) is 4.74 Å². The monoisotopic (exact) mass is 379 g/mol. The Balaban J connectivity index is 1.41. The van der Waals surface area contributed by atoms with Crippen LogP contribution in [-0.2, 0) is 0 Å². The van der Waals surface area contributed by atoms with Gasteiger partial charge in [0.1, 0.15) is 17.2 Å². The molecule has 3 fully saturated rings. The summed E-state index contributed by atoms with van der Waals surface area (Å²) in [7, 11) is 0. The molecular weight excluding hydrogens is 354 g/mol. The van der Waals surface area contributed by atoms with Crippen molar-refractivity contribution in [3.63, 3.8) is 0 Å². The number of rotatable bonds is 5. The number of carbonyl (C=O) groups excluding carboxylic acids is 2. The van der Waals surface area contributed by atoms with E-state index in [1.54, 1.807) is 42.6 Å². The molecule has 0 unspecified atom stereocenters. The van der Waals surface area contributed by atoms with E-state index in [9.17, 15) is 9.59 Å². The Kier molecular flexibility index (Phi) is 5.13. The summed E-state index contributed by atoms with van der Waals surface area (Å²) < 4.78 is 5.78. The molecule has 4 heterocycles. The highest BCUT2D eigenvalue weighted by Crippen LogP contribution is 2.32. The minimum atomic E-state index is -0.112. The second-order valence-corrected chi connectivity index (χ2v) is 7.67. The summed E-state index contributed by atoms with van der Waals surface area (Å²) in [6, 6.07) is 11.0. The molecule has 3 saturated heterocycles. The van der Waals surface area contributed by atoms with Crippen LogP contribution in [0.15, 0.2) is 42.6 Å². The first kappa shape index (κ1) is 18.6. The lowest BCUT2D eigenvalue weighted by Crippen LogP contribution is -2.62. The number of ether oxygens (including phenoxy) is 1. The molecule has 6 nitrogen and oxygen atoms in total. The highest BCUT2D eigenvalue weighted by atomic mass is 16.5. The fourth-order valence-corrected chi connectivity index (χ4v) is 4.26. The van der Waals surface area contributed by atoms with Crippen molar-refractivity contribution >= 4 is 11.7 Å². The average molecular weight is 379 g/mol. The summed E-state index contributed by atoms with van der Waals surface area (Å²) in [6.45, 7) is 5.96. The minimum Gasteiger partial charge on any atom is -0.457 e. The van der Waals surface area contributed by atoms with Gasteiger partial charge in [-0.15, -0.1) is 0 Å². The molecule has 1 aromatic heterocycles. The molecule has 0 radical (unpaired) electrons. The van der Waals surface area contributed by atoms with Crippen LogP contribution in [-0.4, -0.2) is 46.7 Å². The first-order valence-electron chi connectivity index (χ1n) is 9.81.